The van der Waals surface area contributed by atoms with Crippen LogP contribution in [0, 0.1) is 85.6 Å². The van der Waals surface area contributed by atoms with E-state index in [9.17, 15) is 0 Å². The first-order valence-electron chi connectivity index (χ1n) is 32.5. The Labute approximate surface area is 559 Å². The Morgan fingerprint density at radius 3 is 1.60 bits per heavy atom. The van der Waals surface area contributed by atoms with Gasteiger partial charge >= 0.3 is 0 Å². The van der Waals surface area contributed by atoms with Gasteiger partial charge in [-0.2, -0.15) is 11.3 Å². The Morgan fingerprint density at radius 2 is 1.00 bits per heavy atom. The van der Waals surface area contributed by atoms with Crippen molar-refractivity contribution < 1.29 is 17.6 Å². The van der Waals surface area contributed by atoms with E-state index in [4.69, 9.17) is 0 Å². The number of aryl methyl sites for hydroxylation is 9. The lowest BCUT2D eigenvalue weighted by molar-refractivity contribution is 0.591. The number of rotatable bonds is 8. The van der Waals surface area contributed by atoms with Crippen LogP contribution < -0.4 is 62.3 Å². The zero-order valence-corrected chi connectivity index (χ0v) is 57.5. The average molecular weight is 1270 g/mol. The number of para-hydroxylation sites is 4. The number of nitrogens with one attached hydrogen (secondary N) is 1. The van der Waals surface area contributed by atoms with Gasteiger partial charge < -0.3 is 20.0 Å². The van der Waals surface area contributed by atoms with E-state index < -0.39 is 24.2 Å². The highest BCUT2D eigenvalue weighted by molar-refractivity contribution is 7.33. The van der Waals surface area contributed by atoms with Gasteiger partial charge in [0.1, 0.15) is 23.3 Å². The Kier molecular flexibility index (Phi) is 14.5. The van der Waals surface area contributed by atoms with Gasteiger partial charge in [0, 0.05) is 48.0 Å². The number of nitrogens with zero attached hydrogens (tertiary/aromatic N) is 3. The molecule has 10 aromatic carbocycles. The minimum atomic E-state index is -0.512. The molecular weight excluding hydrogens is 1200 g/mol. The number of fused-ring (bicyclic) bond motifs is 9. The van der Waals surface area contributed by atoms with E-state index in [1.54, 1.807) is 57.9 Å². The molecule has 465 valence electrons. The third-order valence-corrected chi connectivity index (χ3v) is 22.5. The monoisotopic (exact) mass is 1270 g/mol. The maximum absolute atomic E-state index is 17.8. The van der Waals surface area contributed by atoms with Gasteiger partial charge in [0.2, 0.25) is 7.28 Å². The predicted octanol–water partition coefficient (Wildman–Crippen LogP) is 17.8. The zero-order chi connectivity index (χ0) is 66.0. The molecule has 1 N–H and O–H groups in total. The summed E-state index contributed by atoms with van der Waals surface area (Å²) >= 11 is 3.58. The second-order valence-electron chi connectivity index (χ2n) is 28.6. The first-order valence-corrected chi connectivity index (χ1v) is 34.1. The number of halogens is 4. The second kappa shape index (κ2) is 22.2. The summed E-state index contributed by atoms with van der Waals surface area (Å²) < 4.78 is 73.6. The quantitative estimate of drug-likeness (QED) is 0.121. The molecule has 0 unspecified atom stereocenters. The normalized spacial score (nSPS) is 13.3. The van der Waals surface area contributed by atoms with Gasteiger partial charge in [0.25, 0.3) is 13.4 Å². The molecule has 1 radical (unpaired) electrons. The van der Waals surface area contributed by atoms with E-state index >= 15 is 17.6 Å². The van der Waals surface area contributed by atoms with Crippen LogP contribution in [-0.2, 0) is 10.8 Å². The molecule has 5 heterocycles. The summed E-state index contributed by atoms with van der Waals surface area (Å²) in [6, 6.07) is 51.9. The maximum atomic E-state index is 17.8. The third kappa shape index (κ3) is 9.67. The number of hydrogen-bond acceptors (Lipinski definition) is 6. The molecule has 12 aromatic rings. The summed E-state index contributed by atoms with van der Waals surface area (Å²) in [6.45, 7) is 31.2. The summed E-state index contributed by atoms with van der Waals surface area (Å²) in [7, 11) is 2.34. The fourth-order valence-electron chi connectivity index (χ4n) is 15.3. The minimum Gasteiger partial charge on any atom is -0.356 e. The SMILES string of the molecule is Cc1cc(C)c2c(c1)N(c1c(C)cccc1F)c1c(sc3ccc(C(C)(C)C)cc13)B2c1cc2c(cc1C)N(c1c(C)cccc1F)c1cc(N(c3c(C)cccc3F)c3c(C)cccc3F)cc3c1B2c1cc([B]c2sc4ccc(C(C)(C)C)cc4c2C)c(C)cc1N3. The minimum absolute atomic E-state index is 0.0130. The molecule has 0 atom stereocenters. The zero-order valence-electron chi connectivity index (χ0n) is 55.9. The maximum Gasteiger partial charge on any atom is 0.259 e. The van der Waals surface area contributed by atoms with Gasteiger partial charge in [-0.25, -0.2) is 17.6 Å². The molecule has 3 aliphatic rings. The fourth-order valence-corrected chi connectivity index (χ4v) is 17.8. The van der Waals surface area contributed by atoms with Crippen molar-refractivity contribution in [3.8, 4) is 0 Å². The van der Waals surface area contributed by atoms with Crippen LogP contribution >= 0.6 is 22.7 Å². The molecule has 2 aromatic heterocycles. The van der Waals surface area contributed by atoms with Gasteiger partial charge in [-0.1, -0.05) is 148 Å². The number of anilines is 11. The van der Waals surface area contributed by atoms with Crippen molar-refractivity contribution in [1.82, 2.24) is 0 Å². The molecule has 3 aliphatic heterocycles. The summed E-state index contributed by atoms with van der Waals surface area (Å²) in [5, 5.41) is 6.28. The largest absolute Gasteiger partial charge is 0.356 e. The van der Waals surface area contributed by atoms with Gasteiger partial charge in [0.05, 0.1) is 34.1 Å². The lowest BCUT2D eigenvalue weighted by Crippen LogP contribution is -2.63. The second-order valence-corrected chi connectivity index (χ2v) is 30.8. The third-order valence-electron chi connectivity index (χ3n) is 20.1. The number of benzene rings is 10. The summed E-state index contributed by atoms with van der Waals surface area (Å²) in [5.41, 5.74) is 23.4. The standard InChI is InChI=1S/C81H72B3F4N4S2/c1-42-32-49(8)71-67(33-42)92(76-46(5)23-19-27-63(76)88)77-55-37-52(81(13,14)15)29-31-70(55)94-79(77)84(71)57-41-59-66(35-48(57)7)91(75-45(4)22-18-26-62(75)87)68-39-53(90(73-43(2)20-16-24-60(73)85)74-44(3)21-17-25-61(74)86)38-65-72(68)83(59)58-40-56(47(6)34-64(58)89-65)82-78-50(9)54-36-51(80(10,11)12)28-30-69(54)93-78/h16-41,89H,1-15H3. The van der Waals surface area contributed by atoms with Crippen LogP contribution in [0.15, 0.2) is 158 Å². The van der Waals surface area contributed by atoms with Gasteiger partial charge in [-0.05, 0) is 229 Å². The van der Waals surface area contributed by atoms with E-state index in [-0.39, 0.29) is 34.7 Å². The topological polar surface area (TPSA) is 21.8 Å². The first kappa shape index (κ1) is 61.4. The van der Waals surface area contributed by atoms with Gasteiger partial charge in [0.15, 0.2) is 0 Å². The molecule has 0 spiro atoms. The van der Waals surface area contributed by atoms with Crippen LogP contribution in [0.5, 0.6) is 0 Å². The molecule has 0 saturated carbocycles. The summed E-state index contributed by atoms with van der Waals surface area (Å²) in [5.74, 6) is -1.73. The van der Waals surface area contributed by atoms with E-state index in [2.05, 4.69) is 171 Å². The number of hydrogen-bond donors (Lipinski definition) is 1. The van der Waals surface area contributed by atoms with Crippen molar-refractivity contribution >= 4 is 168 Å². The summed E-state index contributed by atoms with van der Waals surface area (Å²) in [4.78, 5) is 5.99. The lowest BCUT2D eigenvalue weighted by atomic mass is 9.31. The Bertz CT molecular complexity index is 5090. The van der Waals surface area contributed by atoms with Crippen LogP contribution in [0.25, 0.3) is 20.2 Å². The van der Waals surface area contributed by atoms with E-state index in [1.807, 2.05) is 64.1 Å². The molecule has 94 heavy (non-hydrogen) atoms. The smallest absolute Gasteiger partial charge is 0.259 e. The van der Waals surface area contributed by atoms with Crippen molar-refractivity contribution in [3.05, 3.63) is 242 Å². The Balaban J connectivity index is 1.04. The number of thiophene rings is 2. The lowest BCUT2D eigenvalue weighted by Gasteiger charge is -2.43. The Hall–Kier alpha value is -8.77. The Morgan fingerprint density at radius 1 is 0.436 bits per heavy atom. The van der Waals surface area contributed by atoms with Crippen LogP contribution in [0.2, 0.25) is 0 Å². The molecule has 0 bridgehead atoms. The van der Waals surface area contributed by atoms with Crippen LogP contribution in [0.1, 0.15) is 103 Å². The molecule has 0 aliphatic carbocycles. The van der Waals surface area contributed by atoms with E-state index in [1.165, 1.54) is 49.8 Å². The highest BCUT2D eigenvalue weighted by atomic mass is 32.1. The molecule has 0 fully saturated rings. The molecule has 0 saturated heterocycles. The fraction of sp³-hybridized carbons (Fsp3) is 0.210. The molecular formula is C81H72B3F4N4S2. The predicted molar refractivity (Wildman–Crippen MR) is 398 cm³/mol. The average Bonchev–Trinajstić information content (AvgIpc) is 1.06. The van der Waals surface area contributed by atoms with Crippen molar-refractivity contribution in [2.24, 2.45) is 0 Å². The van der Waals surface area contributed by atoms with Crippen molar-refractivity contribution in [2.75, 3.05) is 20.0 Å². The highest BCUT2D eigenvalue weighted by Crippen LogP contribution is 2.50. The molecule has 15 rings (SSSR count). The van der Waals surface area contributed by atoms with Crippen LogP contribution in [-0.4, -0.2) is 20.7 Å². The molecule has 13 heteroatoms. The van der Waals surface area contributed by atoms with Crippen LogP contribution in [0.3, 0.4) is 0 Å². The van der Waals surface area contributed by atoms with Gasteiger partial charge in [-0.15, -0.1) is 11.3 Å². The van der Waals surface area contributed by atoms with E-state index in [0.717, 1.165) is 104 Å². The van der Waals surface area contributed by atoms with Crippen molar-refractivity contribution in [2.45, 2.75) is 115 Å². The first-order chi connectivity index (χ1) is 44.7. The molecule has 4 nitrogen and oxygen atoms in total. The van der Waals surface area contributed by atoms with Crippen molar-refractivity contribution in [3.63, 3.8) is 0 Å². The van der Waals surface area contributed by atoms with E-state index in [0.29, 0.717) is 39.4 Å². The molecule has 0 amide bonds. The highest BCUT2D eigenvalue weighted by Gasteiger charge is 2.47. The summed E-state index contributed by atoms with van der Waals surface area (Å²) in [6.07, 6.45) is 0. The van der Waals surface area contributed by atoms with Gasteiger partial charge in [-0.3, -0.25) is 0 Å². The van der Waals surface area contributed by atoms with Crippen LogP contribution in [0.4, 0.5) is 80.1 Å². The van der Waals surface area contributed by atoms with Crippen molar-refractivity contribution in [1.29, 1.82) is 0 Å².